The molecule has 0 aliphatic heterocycles. The fourth-order valence-corrected chi connectivity index (χ4v) is 6.85. The van der Waals surface area contributed by atoms with Crippen LogP contribution in [0.15, 0.2) is 30.3 Å². The molecule has 2 N–H and O–H groups in total. The third-order valence-electron chi connectivity index (χ3n) is 6.04. The molecule has 2 atom stereocenters. The lowest BCUT2D eigenvalue weighted by Gasteiger charge is -2.65. The van der Waals surface area contributed by atoms with Gasteiger partial charge < -0.3 is 10.6 Å². The number of benzene rings is 1. The zero-order valence-corrected chi connectivity index (χ0v) is 14.4. The minimum Gasteiger partial charge on any atom is -0.357 e. The molecule has 4 bridgehead atoms. The van der Waals surface area contributed by atoms with Crippen LogP contribution in [0, 0.1) is 16.7 Å². The highest BCUT2D eigenvalue weighted by atomic mass is 32.1. The summed E-state index contributed by atoms with van der Waals surface area (Å²) >= 11 is 5.62. The van der Waals surface area contributed by atoms with Crippen molar-refractivity contribution in [3.8, 4) is 0 Å². The Bertz CT molecular complexity index is 579. The Morgan fingerprint density at radius 3 is 2.23 bits per heavy atom. The zero-order valence-electron chi connectivity index (χ0n) is 13.6. The van der Waals surface area contributed by atoms with Crippen molar-refractivity contribution in [2.75, 3.05) is 5.32 Å². The van der Waals surface area contributed by atoms with Crippen molar-refractivity contribution < 1.29 is 0 Å². The molecule has 4 aliphatic rings. The molecule has 0 radical (unpaired) electrons. The zero-order chi connectivity index (χ0) is 15.4. The molecule has 0 heterocycles. The van der Waals surface area contributed by atoms with Crippen molar-refractivity contribution in [1.29, 1.82) is 0 Å². The van der Waals surface area contributed by atoms with E-state index >= 15 is 0 Å². The minimum atomic E-state index is 0.224. The molecule has 22 heavy (non-hydrogen) atoms. The van der Waals surface area contributed by atoms with Gasteiger partial charge in [0.2, 0.25) is 0 Å². The maximum absolute atomic E-state index is 5.62. The van der Waals surface area contributed by atoms with E-state index < -0.39 is 0 Å². The molecule has 4 aliphatic carbocycles. The second kappa shape index (κ2) is 4.70. The Hall–Kier alpha value is -1.09. The molecular weight excluding hydrogens is 288 g/mol. The first-order valence-corrected chi connectivity index (χ1v) is 8.93. The fourth-order valence-electron chi connectivity index (χ4n) is 6.51. The molecule has 4 saturated carbocycles. The van der Waals surface area contributed by atoms with Gasteiger partial charge in [-0.25, -0.2) is 0 Å². The predicted octanol–water partition coefficient (Wildman–Crippen LogP) is 4.72. The number of rotatable bonds is 2. The average Bonchev–Trinajstić information content (AvgIpc) is 2.34. The molecule has 5 rings (SSSR count). The monoisotopic (exact) mass is 314 g/mol. The van der Waals surface area contributed by atoms with Gasteiger partial charge in [0.25, 0.3) is 0 Å². The van der Waals surface area contributed by atoms with Crippen LogP contribution in [0.5, 0.6) is 0 Å². The Labute approximate surface area is 139 Å². The van der Waals surface area contributed by atoms with Gasteiger partial charge in [-0.2, -0.15) is 0 Å². The van der Waals surface area contributed by atoms with E-state index in [-0.39, 0.29) is 5.54 Å². The van der Waals surface area contributed by atoms with E-state index in [9.17, 15) is 0 Å². The summed E-state index contributed by atoms with van der Waals surface area (Å²) in [7, 11) is 0. The molecule has 0 aromatic heterocycles. The topological polar surface area (TPSA) is 24.1 Å². The van der Waals surface area contributed by atoms with Crippen molar-refractivity contribution in [2.24, 2.45) is 16.7 Å². The van der Waals surface area contributed by atoms with E-state index in [4.69, 9.17) is 12.2 Å². The average molecular weight is 314 g/mol. The third kappa shape index (κ3) is 2.54. The summed E-state index contributed by atoms with van der Waals surface area (Å²) in [6.07, 6.45) is 8.11. The highest BCUT2D eigenvalue weighted by Gasteiger charge is 2.60. The van der Waals surface area contributed by atoms with E-state index in [1.165, 1.54) is 38.5 Å². The summed E-state index contributed by atoms with van der Waals surface area (Å²) in [6, 6.07) is 10.2. The molecule has 0 spiro atoms. The molecule has 4 fully saturated rings. The van der Waals surface area contributed by atoms with Gasteiger partial charge in [-0.3, -0.25) is 0 Å². The lowest BCUT2D eigenvalue weighted by atomic mass is 9.43. The number of anilines is 1. The second-order valence-corrected chi connectivity index (χ2v) is 9.26. The molecule has 2 nitrogen and oxygen atoms in total. The van der Waals surface area contributed by atoms with Crippen molar-refractivity contribution >= 4 is 23.0 Å². The number of nitrogens with one attached hydrogen (secondary N) is 2. The van der Waals surface area contributed by atoms with Gasteiger partial charge >= 0.3 is 0 Å². The Morgan fingerprint density at radius 1 is 1.00 bits per heavy atom. The molecule has 1 aromatic carbocycles. The number of hydrogen-bond acceptors (Lipinski definition) is 1. The van der Waals surface area contributed by atoms with E-state index in [0.717, 1.165) is 16.7 Å². The highest BCUT2D eigenvalue weighted by Crippen LogP contribution is 2.66. The molecule has 118 valence electrons. The number of thiocarbonyl (C=S) groups is 1. The van der Waals surface area contributed by atoms with Gasteiger partial charge in [0, 0.05) is 11.2 Å². The van der Waals surface area contributed by atoms with Gasteiger partial charge in [0.1, 0.15) is 0 Å². The smallest absolute Gasteiger partial charge is 0.171 e. The maximum atomic E-state index is 5.62. The summed E-state index contributed by atoms with van der Waals surface area (Å²) in [5.74, 6) is 0.887. The van der Waals surface area contributed by atoms with Crippen LogP contribution < -0.4 is 10.6 Å². The third-order valence-corrected chi connectivity index (χ3v) is 6.24. The van der Waals surface area contributed by atoms with Crippen molar-refractivity contribution in [2.45, 2.75) is 57.9 Å². The van der Waals surface area contributed by atoms with E-state index in [0.29, 0.717) is 10.8 Å². The van der Waals surface area contributed by atoms with Crippen LogP contribution in [0.3, 0.4) is 0 Å². The fraction of sp³-hybridized carbons (Fsp3) is 0.632. The molecule has 0 saturated heterocycles. The van der Waals surface area contributed by atoms with E-state index in [2.05, 4.69) is 36.6 Å². The maximum Gasteiger partial charge on any atom is 0.171 e. The van der Waals surface area contributed by atoms with Crippen LogP contribution in [-0.2, 0) is 0 Å². The molecule has 1 aromatic rings. The molecule has 0 amide bonds. The van der Waals surface area contributed by atoms with Crippen molar-refractivity contribution in [3.05, 3.63) is 30.3 Å². The lowest BCUT2D eigenvalue weighted by Crippen LogP contribution is -2.65. The highest BCUT2D eigenvalue weighted by molar-refractivity contribution is 7.80. The van der Waals surface area contributed by atoms with Crippen LogP contribution >= 0.6 is 12.2 Å². The molecular formula is C19H26N2S. The van der Waals surface area contributed by atoms with Crippen LogP contribution in [0.1, 0.15) is 52.4 Å². The second-order valence-electron chi connectivity index (χ2n) is 8.86. The summed E-state index contributed by atoms with van der Waals surface area (Å²) in [5, 5.41) is 7.90. The van der Waals surface area contributed by atoms with E-state index in [1.54, 1.807) is 0 Å². The minimum absolute atomic E-state index is 0.224. The van der Waals surface area contributed by atoms with Gasteiger partial charge in [0.15, 0.2) is 5.11 Å². The summed E-state index contributed by atoms with van der Waals surface area (Å²) in [6.45, 7) is 5.00. The first-order chi connectivity index (χ1) is 10.4. The first-order valence-electron chi connectivity index (χ1n) is 8.52. The summed E-state index contributed by atoms with van der Waals surface area (Å²) < 4.78 is 0. The van der Waals surface area contributed by atoms with Crippen LogP contribution in [0.2, 0.25) is 0 Å². The Balaban J connectivity index is 1.51. The predicted molar refractivity (Wildman–Crippen MR) is 95.9 cm³/mol. The Kier molecular flexibility index (Phi) is 3.10. The molecule has 2 unspecified atom stereocenters. The van der Waals surface area contributed by atoms with Crippen LogP contribution in [-0.4, -0.2) is 10.7 Å². The van der Waals surface area contributed by atoms with Crippen molar-refractivity contribution in [3.63, 3.8) is 0 Å². The standard InChI is InChI=1S/C19H26N2S/c1-17-8-14-9-18(2,11-17)13-19(10-14,12-17)21-16(22)20-15-6-4-3-5-7-15/h3-7,14H,8-13H2,1-2H3,(H2,20,21,22). The summed E-state index contributed by atoms with van der Waals surface area (Å²) in [4.78, 5) is 0. The van der Waals surface area contributed by atoms with E-state index in [1.807, 2.05) is 18.2 Å². The normalized spacial score (nSPS) is 42.2. The Morgan fingerprint density at radius 2 is 1.64 bits per heavy atom. The van der Waals surface area contributed by atoms with Crippen LogP contribution in [0.25, 0.3) is 0 Å². The van der Waals surface area contributed by atoms with Crippen molar-refractivity contribution in [1.82, 2.24) is 5.32 Å². The van der Waals surface area contributed by atoms with Crippen LogP contribution in [0.4, 0.5) is 5.69 Å². The number of para-hydroxylation sites is 1. The first kappa shape index (κ1) is 14.5. The van der Waals surface area contributed by atoms with Gasteiger partial charge in [-0.15, -0.1) is 0 Å². The lowest BCUT2D eigenvalue weighted by molar-refractivity contribution is -0.111. The molecule has 3 heteroatoms. The largest absolute Gasteiger partial charge is 0.357 e. The van der Waals surface area contributed by atoms with Gasteiger partial charge in [-0.1, -0.05) is 32.0 Å². The van der Waals surface area contributed by atoms with Gasteiger partial charge in [-0.05, 0) is 79.6 Å². The van der Waals surface area contributed by atoms with Gasteiger partial charge in [0.05, 0.1) is 0 Å². The number of hydrogen-bond donors (Lipinski definition) is 2. The summed E-state index contributed by atoms with van der Waals surface area (Å²) in [5.41, 5.74) is 2.33. The quantitative estimate of drug-likeness (QED) is 0.772. The SMILES string of the molecule is CC12CC3CC(C)(C1)CC(NC(=S)Nc1ccccc1)(C3)C2.